The molecular weight excluding hydrogens is 216 g/mol. The Labute approximate surface area is 82.8 Å². The molecule has 2 nitrogen and oxygen atoms in total. The quantitative estimate of drug-likeness (QED) is 0.753. The van der Waals surface area contributed by atoms with E-state index >= 15 is 0 Å². The molecule has 1 aromatic carbocycles. The van der Waals surface area contributed by atoms with E-state index in [4.69, 9.17) is 10.2 Å². The fourth-order valence-electron chi connectivity index (χ4n) is 1.07. The van der Waals surface area contributed by atoms with Crippen molar-refractivity contribution in [2.24, 2.45) is 0 Å². The number of rotatable bonds is 2. The minimum absolute atomic E-state index is 0.301. The van der Waals surface area contributed by atoms with Crippen LogP contribution in [0.4, 0.5) is 17.6 Å². The van der Waals surface area contributed by atoms with Crippen molar-refractivity contribution in [2.45, 2.75) is 12.3 Å². The average Bonchev–Trinajstić information content (AvgIpc) is 2.14. The lowest BCUT2D eigenvalue weighted by atomic mass is 10.1. The van der Waals surface area contributed by atoms with Gasteiger partial charge in [-0.1, -0.05) is 0 Å². The molecule has 0 saturated heterocycles. The maximum absolute atomic E-state index is 12.8. The first-order valence-electron chi connectivity index (χ1n) is 4.01. The van der Waals surface area contributed by atoms with Crippen LogP contribution < -0.4 is 0 Å². The second-order valence-electron chi connectivity index (χ2n) is 2.97. The third-order valence-electron chi connectivity index (χ3n) is 1.81. The average molecular weight is 224 g/mol. The minimum Gasteiger partial charge on any atom is -0.393 e. The molecule has 0 unspecified atom stereocenters. The van der Waals surface area contributed by atoms with Gasteiger partial charge in [0, 0.05) is 0 Å². The van der Waals surface area contributed by atoms with E-state index in [-0.39, 0.29) is 5.56 Å². The standard InChI is InChI=1S/C9H8F4O2/c10-7-2-5(8(15)4-14)1-6(3-7)9(11,12)13/h1-3,8,14-15H,4H2/t8-/m0/s1. The van der Waals surface area contributed by atoms with E-state index in [2.05, 4.69) is 0 Å². The summed E-state index contributed by atoms with van der Waals surface area (Å²) in [7, 11) is 0. The summed E-state index contributed by atoms with van der Waals surface area (Å²) in [5.41, 5.74) is -1.49. The van der Waals surface area contributed by atoms with Crippen molar-refractivity contribution >= 4 is 0 Å². The third-order valence-corrected chi connectivity index (χ3v) is 1.81. The summed E-state index contributed by atoms with van der Waals surface area (Å²) in [4.78, 5) is 0. The van der Waals surface area contributed by atoms with Gasteiger partial charge >= 0.3 is 6.18 Å². The molecule has 0 heterocycles. The van der Waals surface area contributed by atoms with Crippen molar-refractivity contribution in [1.29, 1.82) is 0 Å². The zero-order valence-corrected chi connectivity index (χ0v) is 7.42. The molecule has 0 aromatic heterocycles. The Morgan fingerprint density at radius 1 is 1.20 bits per heavy atom. The molecule has 0 aliphatic carbocycles. The summed E-state index contributed by atoms with van der Waals surface area (Å²) in [6, 6.07) is 1.67. The molecule has 84 valence electrons. The first kappa shape index (κ1) is 11.9. The van der Waals surface area contributed by atoms with Crippen molar-refractivity contribution in [3.63, 3.8) is 0 Å². The van der Waals surface area contributed by atoms with Crippen LogP contribution in [0.1, 0.15) is 17.2 Å². The summed E-state index contributed by atoms with van der Waals surface area (Å²) in [6.07, 6.45) is -6.19. The van der Waals surface area contributed by atoms with Crippen LogP contribution in [0, 0.1) is 5.82 Å². The molecule has 6 heteroatoms. The van der Waals surface area contributed by atoms with Gasteiger partial charge in [0.1, 0.15) is 11.9 Å². The van der Waals surface area contributed by atoms with Crippen LogP contribution >= 0.6 is 0 Å². The summed E-state index contributed by atoms with van der Waals surface area (Å²) in [6.45, 7) is -0.763. The van der Waals surface area contributed by atoms with Crippen molar-refractivity contribution in [1.82, 2.24) is 0 Å². The topological polar surface area (TPSA) is 40.5 Å². The molecule has 2 N–H and O–H groups in total. The Bertz CT molecular complexity index is 348. The van der Waals surface area contributed by atoms with Gasteiger partial charge in [0.05, 0.1) is 12.2 Å². The molecule has 0 radical (unpaired) electrons. The van der Waals surface area contributed by atoms with E-state index in [1.54, 1.807) is 0 Å². The summed E-state index contributed by atoms with van der Waals surface area (Å²) in [5, 5.41) is 17.6. The number of aliphatic hydroxyl groups is 2. The third kappa shape index (κ3) is 2.90. The maximum Gasteiger partial charge on any atom is 0.416 e. The normalized spacial score (nSPS) is 14.0. The van der Waals surface area contributed by atoms with Crippen LogP contribution in [-0.2, 0) is 6.18 Å². The van der Waals surface area contributed by atoms with Gasteiger partial charge in [0.2, 0.25) is 0 Å². The van der Waals surface area contributed by atoms with Crippen molar-refractivity contribution in [3.8, 4) is 0 Å². The highest BCUT2D eigenvalue weighted by molar-refractivity contribution is 5.28. The predicted octanol–water partition coefficient (Wildman–Crippen LogP) is 1.87. The Hall–Kier alpha value is -1.14. The fourth-order valence-corrected chi connectivity index (χ4v) is 1.07. The molecule has 0 saturated carbocycles. The number of alkyl halides is 3. The van der Waals surface area contributed by atoms with Gasteiger partial charge in [-0.2, -0.15) is 13.2 Å². The van der Waals surface area contributed by atoms with Crippen LogP contribution in [0.5, 0.6) is 0 Å². The molecule has 0 amide bonds. The van der Waals surface area contributed by atoms with Gasteiger partial charge in [0.25, 0.3) is 0 Å². The smallest absolute Gasteiger partial charge is 0.393 e. The van der Waals surface area contributed by atoms with Gasteiger partial charge < -0.3 is 10.2 Å². The molecule has 1 rings (SSSR count). The van der Waals surface area contributed by atoms with E-state index in [0.29, 0.717) is 12.1 Å². The molecular formula is C9H8F4O2. The van der Waals surface area contributed by atoms with Crippen LogP contribution in [-0.4, -0.2) is 16.8 Å². The van der Waals surface area contributed by atoms with E-state index < -0.39 is 30.3 Å². The molecule has 1 atom stereocenters. The van der Waals surface area contributed by atoms with Gasteiger partial charge in [-0.15, -0.1) is 0 Å². The lowest BCUT2D eigenvalue weighted by Gasteiger charge is -2.12. The molecule has 0 aliphatic heterocycles. The maximum atomic E-state index is 12.8. The molecule has 0 spiro atoms. The lowest BCUT2D eigenvalue weighted by molar-refractivity contribution is -0.137. The summed E-state index contributed by atoms with van der Waals surface area (Å²) < 4.78 is 49.4. The SMILES string of the molecule is OC[C@H](O)c1cc(F)cc(C(F)(F)F)c1. The van der Waals surface area contributed by atoms with Gasteiger partial charge in [-0.05, 0) is 23.8 Å². The highest BCUT2D eigenvalue weighted by Gasteiger charge is 2.31. The van der Waals surface area contributed by atoms with Crippen molar-refractivity contribution < 1.29 is 27.8 Å². The van der Waals surface area contributed by atoms with E-state index in [1.807, 2.05) is 0 Å². The first-order chi connectivity index (χ1) is 6.84. The Morgan fingerprint density at radius 2 is 1.80 bits per heavy atom. The van der Waals surface area contributed by atoms with Crippen LogP contribution in [0.2, 0.25) is 0 Å². The Morgan fingerprint density at radius 3 is 2.27 bits per heavy atom. The number of hydrogen-bond acceptors (Lipinski definition) is 2. The molecule has 15 heavy (non-hydrogen) atoms. The van der Waals surface area contributed by atoms with E-state index in [0.717, 1.165) is 6.07 Å². The lowest BCUT2D eigenvalue weighted by Crippen LogP contribution is -2.09. The van der Waals surface area contributed by atoms with E-state index in [1.165, 1.54) is 0 Å². The fraction of sp³-hybridized carbons (Fsp3) is 0.333. The largest absolute Gasteiger partial charge is 0.416 e. The van der Waals surface area contributed by atoms with Gasteiger partial charge in [-0.3, -0.25) is 0 Å². The Balaban J connectivity index is 3.17. The highest BCUT2D eigenvalue weighted by atomic mass is 19.4. The number of hydrogen-bond donors (Lipinski definition) is 2. The van der Waals surface area contributed by atoms with Crippen molar-refractivity contribution in [3.05, 3.63) is 35.1 Å². The molecule has 0 bridgehead atoms. The zero-order chi connectivity index (χ0) is 11.6. The van der Waals surface area contributed by atoms with Gasteiger partial charge in [0.15, 0.2) is 0 Å². The molecule has 0 aliphatic rings. The Kier molecular flexibility index (Phi) is 3.31. The number of halogens is 4. The monoisotopic (exact) mass is 224 g/mol. The first-order valence-corrected chi connectivity index (χ1v) is 4.01. The number of benzene rings is 1. The molecule has 1 aromatic rings. The second-order valence-corrected chi connectivity index (χ2v) is 2.97. The number of aliphatic hydroxyl groups excluding tert-OH is 2. The van der Waals surface area contributed by atoms with Crippen LogP contribution in [0.3, 0.4) is 0 Å². The van der Waals surface area contributed by atoms with Crippen molar-refractivity contribution in [2.75, 3.05) is 6.61 Å². The minimum atomic E-state index is -4.67. The summed E-state index contributed by atoms with van der Waals surface area (Å²) >= 11 is 0. The predicted molar refractivity (Wildman–Crippen MR) is 43.4 cm³/mol. The highest BCUT2D eigenvalue weighted by Crippen LogP contribution is 2.31. The second kappa shape index (κ2) is 4.16. The van der Waals surface area contributed by atoms with Crippen LogP contribution in [0.15, 0.2) is 18.2 Å². The van der Waals surface area contributed by atoms with Gasteiger partial charge in [-0.25, -0.2) is 4.39 Å². The zero-order valence-electron chi connectivity index (χ0n) is 7.42. The molecule has 0 fully saturated rings. The summed E-state index contributed by atoms with van der Waals surface area (Å²) in [5.74, 6) is -1.10. The van der Waals surface area contributed by atoms with Crippen LogP contribution in [0.25, 0.3) is 0 Å². The van der Waals surface area contributed by atoms with E-state index in [9.17, 15) is 17.6 Å².